The number of amides is 1. The number of aromatic nitrogens is 3. The van der Waals surface area contributed by atoms with Crippen LogP contribution in [0.1, 0.15) is 32.1 Å². The number of thioether (sulfide) groups is 1. The summed E-state index contributed by atoms with van der Waals surface area (Å²) in [6.45, 7) is 4.29. The Kier molecular flexibility index (Phi) is 7.38. The fourth-order valence-corrected chi connectivity index (χ4v) is 6.15. The van der Waals surface area contributed by atoms with Crippen LogP contribution in [0.5, 0.6) is 0 Å². The number of carbonyl (C=O) groups is 1. The van der Waals surface area contributed by atoms with E-state index in [2.05, 4.69) is 10.2 Å². The van der Waals surface area contributed by atoms with E-state index in [1.165, 1.54) is 23.9 Å². The lowest BCUT2D eigenvalue weighted by atomic mass is 10.2. The molecule has 11 heteroatoms. The van der Waals surface area contributed by atoms with E-state index in [4.69, 9.17) is 0 Å². The van der Waals surface area contributed by atoms with Crippen LogP contribution in [-0.2, 0) is 14.6 Å². The molecule has 1 fully saturated rings. The van der Waals surface area contributed by atoms with E-state index in [0.29, 0.717) is 29.6 Å². The van der Waals surface area contributed by atoms with Crippen molar-refractivity contribution in [2.45, 2.75) is 37.5 Å². The molecule has 0 aliphatic carbocycles. The zero-order valence-electron chi connectivity index (χ0n) is 18.2. The molecule has 0 radical (unpaired) electrons. The molecule has 0 spiro atoms. The van der Waals surface area contributed by atoms with Crippen molar-refractivity contribution in [1.82, 2.24) is 24.6 Å². The number of carbonyl (C=O) groups excluding carboxylic acids is 1. The summed E-state index contributed by atoms with van der Waals surface area (Å²) in [7, 11) is 0.786. The molecule has 3 rings (SSSR count). The Labute approximate surface area is 186 Å². The number of nitrogens with zero attached hydrogens (tertiary/aromatic N) is 5. The van der Waals surface area contributed by atoms with Crippen LogP contribution in [0.3, 0.4) is 0 Å². The largest absolute Gasteiger partial charge is 0.338 e. The van der Waals surface area contributed by atoms with Gasteiger partial charge < -0.3 is 4.90 Å². The first kappa shape index (κ1) is 23.7. The van der Waals surface area contributed by atoms with Gasteiger partial charge in [0.05, 0.1) is 23.3 Å². The maximum absolute atomic E-state index is 13.5. The van der Waals surface area contributed by atoms with Crippen LogP contribution in [0.2, 0.25) is 0 Å². The minimum atomic E-state index is -3.07. The number of rotatable bonds is 8. The van der Waals surface area contributed by atoms with Crippen molar-refractivity contribution in [3.8, 4) is 5.69 Å². The van der Waals surface area contributed by atoms with Crippen LogP contribution in [0, 0.1) is 5.82 Å². The van der Waals surface area contributed by atoms with Crippen LogP contribution >= 0.6 is 11.8 Å². The Morgan fingerprint density at radius 3 is 2.52 bits per heavy atom. The minimum absolute atomic E-state index is 0.0213. The van der Waals surface area contributed by atoms with Crippen LogP contribution in [0.15, 0.2) is 29.4 Å². The maximum atomic E-state index is 13.5. The first-order valence-electron chi connectivity index (χ1n) is 10.1. The fourth-order valence-electron chi connectivity index (χ4n) is 3.58. The molecule has 2 atom stereocenters. The van der Waals surface area contributed by atoms with Gasteiger partial charge in [0.25, 0.3) is 0 Å². The molecule has 2 heterocycles. The van der Waals surface area contributed by atoms with E-state index in [0.717, 1.165) is 0 Å². The van der Waals surface area contributed by atoms with Gasteiger partial charge in [0.2, 0.25) is 5.91 Å². The molecule has 0 saturated carbocycles. The topological polar surface area (TPSA) is 88.4 Å². The maximum Gasteiger partial charge on any atom is 0.233 e. The molecule has 0 bridgehead atoms. The van der Waals surface area contributed by atoms with E-state index in [1.807, 2.05) is 37.4 Å². The quantitative estimate of drug-likeness (QED) is 0.548. The molecule has 1 aromatic carbocycles. The SMILES string of the molecule is CCN(C(=O)CSc1nnc([C@@H](C)N(C)C)n1-c1ccc(F)cc1)[C@H]1CCS(=O)(=O)C1. The molecule has 1 saturated heterocycles. The summed E-state index contributed by atoms with van der Waals surface area (Å²) in [5.74, 6) is 0.465. The van der Waals surface area contributed by atoms with Crippen molar-refractivity contribution in [1.29, 1.82) is 0 Å². The third-order valence-corrected chi connectivity index (χ3v) is 8.19. The number of benzene rings is 1. The van der Waals surface area contributed by atoms with Crippen LogP contribution < -0.4 is 0 Å². The summed E-state index contributed by atoms with van der Waals surface area (Å²) in [6.07, 6.45) is 0.475. The van der Waals surface area contributed by atoms with Crippen molar-refractivity contribution < 1.29 is 17.6 Å². The van der Waals surface area contributed by atoms with Gasteiger partial charge in [-0.15, -0.1) is 10.2 Å². The Balaban J connectivity index is 1.82. The second-order valence-corrected chi connectivity index (χ2v) is 11.0. The molecule has 0 N–H and O–H groups in total. The molecular weight excluding hydrogens is 441 g/mol. The lowest BCUT2D eigenvalue weighted by Gasteiger charge is -2.26. The molecule has 31 heavy (non-hydrogen) atoms. The van der Waals surface area contributed by atoms with Gasteiger partial charge in [0.15, 0.2) is 20.8 Å². The summed E-state index contributed by atoms with van der Waals surface area (Å²) in [6, 6.07) is 5.72. The van der Waals surface area contributed by atoms with Crippen molar-refractivity contribution in [2.24, 2.45) is 0 Å². The lowest BCUT2D eigenvalue weighted by molar-refractivity contribution is -0.129. The zero-order chi connectivity index (χ0) is 22.8. The average Bonchev–Trinajstić information content (AvgIpc) is 3.30. The van der Waals surface area contributed by atoms with Crippen molar-refractivity contribution in [2.75, 3.05) is 37.9 Å². The van der Waals surface area contributed by atoms with Crippen molar-refractivity contribution >= 4 is 27.5 Å². The zero-order valence-corrected chi connectivity index (χ0v) is 19.8. The summed E-state index contributed by atoms with van der Waals surface area (Å²) < 4.78 is 38.9. The molecule has 1 aromatic heterocycles. The summed E-state index contributed by atoms with van der Waals surface area (Å²) in [5, 5.41) is 9.14. The third kappa shape index (κ3) is 5.45. The highest BCUT2D eigenvalue weighted by molar-refractivity contribution is 7.99. The van der Waals surface area contributed by atoms with Gasteiger partial charge in [0, 0.05) is 18.3 Å². The molecule has 1 amide bonds. The predicted octanol–water partition coefficient (Wildman–Crippen LogP) is 2.16. The normalized spacial score (nSPS) is 19.0. The van der Waals surface area contributed by atoms with Crippen molar-refractivity contribution in [3.63, 3.8) is 0 Å². The molecule has 0 unspecified atom stereocenters. The second kappa shape index (κ2) is 9.66. The van der Waals surface area contributed by atoms with E-state index in [9.17, 15) is 17.6 Å². The van der Waals surface area contributed by atoms with Gasteiger partial charge in [-0.05, 0) is 58.6 Å². The second-order valence-electron chi connectivity index (χ2n) is 7.82. The number of hydrogen-bond acceptors (Lipinski definition) is 7. The van der Waals surface area contributed by atoms with Gasteiger partial charge in [-0.25, -0.2) is 12.8 Å². The van der Waals surface area contributed by atoms with Gasteiger partial charge >= 0.3 is 0 Å². The van der Waals surface area contributed by atoms with Crippen LogP contribution in [-0.4, -0.2) is 82.8 Å². The highest BCUT2D eigenvalue weighted by Gasteiger charge is 2.34. The molecule has 2 aromatic rings. The van der Waals surface area contributed by atoms with E-state index in [1.54, 1.807) is 17.0 Å². The average molecular weight is 470 g/mol. The summed E-state index contributed by atoms with van der Waals surface area (Å²) in [4.78, 5) is 16.5. The van der Waals surface area contributed by atoms with Gasteiger partial charge in [-0.3, -0.25) is 14.3 Å². The molecule has 1 aliphatic heterocycles. The van der Waals surface area contributed by atoms with E-state index < -0.39 is 9.84 Å². The smallest absolute Gasteiger partial charge is 0.233 e. The summed E-state index contributed by atoms with van der Waals surface area (Å²) in [5.41, 5.74) is 0.708. The highest BCUT2D eigenvalue weighted by Crippen LogP contribution is 2.28. The first-order chi connectivity index (χ1) is 14.6. The molecule has 8 nitrogen and oxygen atoms in total. The van der Waals surface area contributed by atoms with Gasteiger partial charge in [0.1, 0.15) is 5.82 Å². The van der Waals surface area contributed by atoms with Crippen LogP contribution in [0.4, 0.5) is 4.39 Å². The minimum Gasteiger partial charge on any atom is -0.338 e. The number of sulfone groups is 1. The van der Waals surface area contributed by atoms with Crippen molar-refractivity contribution in [3.05, 3.63) is 35.9 Å². The Morgan fingerprint density at radius 1 is 1.29 bits per heavy atom. The van der Waals surface area contributed by atoms with Gasteiger partial charge in [-0.2, -0.15) is 0 Å². The highest BCUT2D eigenvalue weighted by atomic mass is 32.2. The van der Waals surface area contributed by atoms with E-state index in [-0.39, 0.29) is 41.1 Å². The van der Waals surface area contributed by atoms with E-state index >= 15 is 0 Å². The molecule has 1 aliphatic rings. The number of hydrogen-bond donors (Lipinski definition) is 0. The Morgan fingerprint density at radius 2 is 1.97 bits per heavy atom. The fraction of sp³-hybridized carbons (Fsp3) is 0.550. The first-order valence-corrected chi connectivity index (χ1v) is 12.9. The lowest BCUT2D eigenvalue weighted by Crippen LogP contribution is -2.42. The predicted molar refractivity (Wildman–Crippen MR) is 119 cm³/mol. The van der Waals surface area contributed by atoms with Gasteiger partial charge in [-0.1, -0.05) is 11.8 Å². The monoisotopic (exact) mass is 469 g/mol. The Bertz CT molecular complexity index is 1020. The van der Waals surface area contributed by atoms with Crippen LogP contribution in [0.25, 0.3) is 5.69 Å². The molecule has 170 valence electrons. The molecular formula is C20H28FN5O3S2. The number of halogens is 1. The standard InChI is InChI=1S/C20H28FN5O3S2/c1-5-25(17-10-11-31(28,29)13-17)18(27)12-30-20-23-22-19(14(2)24(3)4)26(20)16-8-6-15(21)7-9-16/h6-9,14,17H,5,10-13H2,1-4H3/t14-,17+/m1/s1. The Hall–Kier alpha value is -1.98. The third-order valence-electron chi connectivity index (χ3n) is 5.53. The summed E-state index contributed by atoms with van der Waals surface area (Å²) >= 11 is 1.24.